The summed E-state index contributed by atoms with van der Waals surface area (Å²) in [5.41, 5.74) is 1.18. The third-order valence-electron chi connectivity index (χ3n) is 2.78. The Balaban J connectivity index is 1.98. The molecule has 1 aliphatic rings. The first-order valence-corrected chi connectivity index (χ1v) is 7.02. The Morgan fingerprint density at radius 3 is 2.93 bits per heavy atom. The fourth-order valence-corrected chi connectivity index (χ4v) is 3.64. The highest BCUT2D eigenvalue weighted by Gasteiger charge is 2.26. The highest BCUT2D eigenvalue weighted by molar-refractivity contribution is 7.99. The summed E-state index contributed by atoms with van der Waals surface area (Å²) in [6, 6.07) is 2.57. The minimum absolute atomic E-state index is 0.333. The molecule has 0 aliphatic carbocycles. The minimum Gasteiger partial charge on any atom is -0.270 e. The predicted octanol–water partition coefficient (Wildman–Crippen LogP) is 2.98. The van der Waals surface area contributed by atoms with Gasteiger partial charge in [0.2, 0.25) is 0 Å². The normalized spacial score (nSPS) is 26.4. The summed E-state index contributed by atoms with van der Waals surface area (Å²) < 4.78 is 2.01. The fourth-order valence-electron chi connectivity index (χ4n) is 1.80. The SMILES string of the molecule is CC(C)n1ccc(CC2CSCC2Cl)n1. The van der Waals surface area contributed by atoms with Gasteiger partial charge in [-0.1, -0.05) is 0 Å². The van der Waals surface area contributed by atoms with Crippen LogP contribution in [-0.4, -0.2) is 26.7 Å². The Labute approximate surface area is 100 Å². The van der Waals surface area contributed by atoms with E-state index in [1.807, 2.05) is 16.4 Å². The van der Waals surface area contributed by atoms with Crippen LogP contribution in [0.4, 0.5) is 0 Å². The fraction of sp³-hybridized carbons (Fsp3) is 0.727. The molecule has 1 aliphatic heterocycles. The van der Waals surface area contributed by atoms with Crippen LogP contribution in [0.25, 0.3) is 0 Å². The van der Waals surface area contributed by atoms with Crippen molar-refractivity contribution in [3.63, 3.8) is 0 Å². The van der Waals surface area contributed by atoms with Gasteiger partial charge < -0.3 is 0 Å². The van der Waals surface area contributed by atoms with Crippen molar-refractivity contribution >= 4 is 23.4 Å². The van der Waals surface area contributed by atoms with Crippen molar-refractivity contribution in [3.8, 4) is 0 Å². The molecule has 0 saturated carbocycles. The lowest BCUT2D eigenvalue weighted by molar-refractivity contribution is 0.515. The first-order valence-electron chi connectivity index (χ1n) is 5.42. The molecule has 1 aromatic heterocycles. The second kappa shape index (κ2) is 4.79. The van der Waals surface area contributed by atoms with E-state index in [0.29, 0.717) is 17.3 Å². The molecule has 0 aromatic carbocycles. The maximum atomic E-state index is 6.24. The molecule has 15 heavy (non-hydrogen) atoms. The van der Waals surface area contributed by atoms with E-state index in [-0.39, 0.29) is 0 Å². The number of halogens is 1. The highest BCUT2D eigenvalue weighted by Crippen LogP contribution is 2.30. The lowest BCUT2D eigenvalue weighted by atomic mass is 10.0. The van der Waals surface area contributed by atoms with Gasteiger partial charge in [0.25, 0.3) is 0 Å². The van der Waals surface area contributed by atoms with Gasteiger partial charge in [-0.2, -0.15) is 16.9 Å². The van der Waals surface area contributed by atoms with Crippen molar-refractivity contribution in [3.05, 3.63) is 18.0 Å². The van der Waals surface area contributed by atoms with Gasteiger partial charge in [0.05, 0.1) is 5.69 Å². The molecule has 4 heteroatoms. The zero-order valence-corrected chi connectivity index (χ0v) is 10.8. The van der Waals surface area contributed by atoms with Gasteiger partial charge in [0, 0.05) is 23.4 Å². The van der Waals surface area contributed by atoms with Gasteiger partial charge in [-0.3, -0.25) is 4.68 Å². The summed E-state index contributed by atoms with van der Waals surface area (Å²) in [6.45, 7) is 4.29. The molecular formula is C11H17ClN2S. The smallest absolute Gasteiger partial charge is 0.0628 e. The molecule has 2 rings (SSSR count). The van der Waals surface area contributed by atoms with Crippen molar-refractivity contribution in [1.82, 2.24) is 9.78 Å². The van der Waals surface area contributed by atoms with Crippen LogP contribution in [-0.2, 0) is 6.42 Å². The summed E-state index contributed by atoms with van der Waals surface area (Å²) in [4.78, 5) is 0. The van der Waals surface area contributed by atoms with E-state index in [2.05, 4.69) is 31.2 Å². The van der Waals surface area contributed by atoms with E-state index in [1.165, 1.54) is 11.4 Å². The number of hydrogen-bond donors (Lipinski definition) is 0. The highest BCUT2D eigenvalue weighted by atomic mass is 35.5. The standard InChI is InChI=1S/C11H17ClN2S/c1-8(2)14-4-3-10(13-14)5-9-6-15-7-11(9)12/h3-4,8-9,11H,5-7H2,1-2H3. The van der Waals surface area contributed by atoms with E-state index >= 15 is 0 Å². The number of nitrogens with zero attached hydrogens (tertiary/aromatic N) is 2. The molecule has 1 fully saturated rings. The second-order valence-corrected chi connectivity index (χ2v) is 6.03. The number of alkyl halides is 1. The molecule has 0 spiro atoms. The first kappa shape index (κ1) is 11.3. The Bertz CT molecular complexity index is 324. The molecule has 0 N–H and O–H groups in total. The zero-order valence-electron chi connectivity index (χ0n) is 9.19. The third kappa shape index (κ3) is 2.70. The van der Waals surface area contributed by atoms with Crippen LogP contribution < -0.4 is 0 Å². The average Bonchev–Trinajstić information content (AvgIpc) is 2.77. The lowest BCUT2D eigenvalue weighted by Gasteiger charge is -2.10. The topological polar surface area (TPSA) is 17.8 Å². The van der Waals surface area contributed by atoms with Gasteiger partial charge in [-0.15, -0.1) is 11.6 Å². The number of thioether (sulfide) groups is 1. The van der Waals surface area contributed by atoms with Crippen molar-refractivity contribution < 1.29 is 0 Å². The summed E-state index contributed by atoms with van der Waals surface area (Å²) in [7, 11) is 0. The maximum Gasteiger partial charge on any atom is 0.0628 e. The second-order valence-electron chi connectivity index (χ2n) is 4.40. The van der Waals surface area contributed by atoms with Crippen molar-refractivity contribution in [2.24, 2.45) is 5.92 Å². The predicted molar refractivity (Wildman–Crippen MR) is 66.8 cm³/mol. The van der Waals surface area contributed by atoms with Gasteiger partial charge in [-0.25, -0.2) is 0 Å². The maximum absolute atomic E-state index is 6.24. The molecule has 2 heterocycles. The van der Waals surface area contributed by atoms with E-state index in [9.17, 15) is 0 Å². The number of rotatable bonds is 3. The molecule has 0 bridgehead atoms. The number of hydrogen-bond acceptors (Lipinski definition) is 2. The van der Waals surface area contributed by atoms with E-state index in [4.69, 9.17) is 11.6 Å². The van der Waals surface area contributed by atoms with Crippen LogP contribution in [0.2, 0.25) is 0 Å². The molecule has 1 aromatic rings. The molecule has 0 amide bonds. The van der Waals surface area contributed by atoms with Gasteiger partial charge in [-0.05, 0) is 38.0 Å². The summed E-state index contributed by atoms with van der Waals surface area (Å²) in [6.07, 6.45) is 3.09. The monoisotopic (exact) mass is 244 g/mol. The molecule has 84 valence electrons. The van der Waals surface area contributed by atoms with Crippen LogP contribution in [0, 0.1) is 5.92 Å². The largest absolute Gasteiger partial charge is 0.270 e. The Kier molecular flexibility index (Phi) is 3.62. The van der Waals surface area contributed by atoms with E-state index in [1.54, 1.807) is 0 Å². The molecular weight excluding hydrogens is 228 g/mol. The van der Waals surface area contributed by atoms with Crippen LogP contribution >= 0.6 is 23.4 Å². The first-order chi connectivity index (χ1) is 7.16. The summed E-state index contributed by atoms with van der Waals surface area (Å²) >= 11 is 8.20. The minimum atomic E-state index is 0.333. The van der Waals surface area contributed by atoms with Crippen LogP contribution in [0.15, 0.2) is 12.3 Å². The third-order valence-corrected chi connectivity index (χ3v) is 4.74. The van der Waals surface area contributed by atoms with Gasteiger partial charge >= 0.3 is 0 Å². The summed E-state index contributed by atoms with van der Waals surface area (Å²) in [5.74, 6) is 2.88. The summed E-state index contributed by atoms with van der Waals surface area (Å²) in [5, 5.41) is 4.89. The van der Waals surface area contributed by atoms with E-state index in [0.717, 1.165) is 12.2 Å². The van der Waals surface area contributed by atoms with Crippen LogP contribution in [0.5, 0.6) is 0 Å². The van der Waals surface area contributed by atoms with Crippen molar-refractivity contribution in [1.29, 1.82) is 0 Å². The van der Waals surface area contributed by atoms with E-state index < -0.39 is 0 Å². The molecule has 2 nitrogen and oxygen atoms in total. The zero-order chi connectivity index (χ0) is 10.8. The Hall–Kier alpha value is -0.150. The quantitative estimate of drug-likeness (QED) is 0.761. The molecule has 0 radical (unpaired) electrons. The molecule has 2 unspecified atom stereocenters. The van der Waals surface area contributed by atoms with Crippen LogP contribution in [0.1, 0.15) is 25.6 Å². The number of aromatic nitrogens is 2. The van der Waals surface area contributed by atoms with Gasteiger partial charge in [0.15, 0.2) is 0 Å². The van der Waals surface area contributed by atoms with Gasteiger partial charge in [0.1, 0.15) is 0 Å². The van der Waals surface area contributed by atoms with Crippen LogP contribution in [0.3, 0.4) is 0 Å². The lowest BCUT2D eigenvalue weighted by Crippen LogP contribution is -2.15. The Morgan fingerprint density at radius 2 is 2.40 bits per heavy atom. The Morgan fingerprint density at radius 1 is 1.60 bits per heavy atom. The molecule has 2 atom stereocenters. The van der Waals surface area contributed by atoms with Crippen molar-refractivity contribution in [2.75, 3.05) is 11.5 Å². The average molecular weight is 245 g/mol. The molecule has 1 saturated heterocycles. The van der Waals surface area contributed by atoms with Crippen molar-refractivity contribution in [2.45, 2.75) is 31.7 Å².